The Labute approximate surface area is 111 Å². The van der Waals surface area contributed by atoms with Crippen molar-refractivity contribution in [1.82, 2.24) is 10.2 Å². The van der Waals surface area contributed by atoms with Crippen LogP contribution < -0.4 is 5.32 Å². The first-order valence-electron chi connectivity index (χ1n) is 5.82. The second kappa shape index (κ2) is 9.49. The van der Waals surface area contributed by atoms with E-state index in [9.17, 15) is 0 Å². The maximum Gasteiger partial charge on any atom is 0.00961 e. The molecule has 2 saturated heterocycles. The fourth-order valence-electron chi connectivity index (χ4n) is 2.77. The van der Waals surface area contributed by atoms with Gasteiger partial charge in [0, 0.05) is 6.04 Å². The van der Waals surface area contributed by atoms with Crippen LogP contribution in [0, 0.1) is 5.92 Å². The van der Waals surface area contributed by atoms with E-state index in [1.165, 1.54) is 51.9 Å². The predicted octanol–water partition coefficient (Wildman–Crippen LogP) is 1.49. The molecule has 0 saturated carbocycles. The summed E-state index contributed by atoms with van der Waals surface area (Å²) < 4.78 is 0. The highest BCUT2D eigenvalue weighted by molar-refractivity contribution is 5.85. The number of likely N-dealkylation sites (tertiary alicyclic amines) is 1. The van der Waals surface area contributed by atoms with Gasteiger partial charge in [0.15, 0.2) is 0 Å². The Balaban J connectivity index is 0. The largest absolute Gasteiger partial charge is 0.412 e. The maximum absolute atomic E-state index is 3.44. The smallest absolute Gasteiger partial charge is 0.00961 e. The number of rotatable bonds is 2. The highest BCUT2D eigenvalue weighted by Crippen LogP contribution is 2.23. The normalized spacial score (nSPS) is 23.8. The Kier molecular flexibility index (Phi) is 11.2. The number of hydrogen-bond acceptors (Lipinski definition) is 2. The summed E-state index contributed by atoms with van der Waals surface area (Å²) in [6.07, 6.45) is 5.62. The van der Waals surface area contributed by atoms with Crippen molar-refractivity contribution in [3.63, 3.8) is 0 Å². The Morgan fingerprint density at radius 1 is 1.06 bits per heavy atom. The zero-order valence-electron chi connectivity index (χ0n) is 10.1. The minimum absolute atomic E-state index is 0. The van der Waals surface area contributed by atoms with Crippen molar-refractivity contribution in [1.29, 1.82) is 0 Å². The van der Waals surface area contributed by atoms with E-state index in [1.807, 2.05) is 0 Å². The van der Waals surface area contributed by atoms with E-state index in [0.29, 0.717) is 0 Å². The van der Waals surface area contributed by atoms with E-state index in [-0.39, 0.29) is 30.3 Å². The molecule has 100 valence electrons. The first-order chi connectivity index (χ1) is 6.38. The molecule has 0 spiro atoms. The lowest BCUT2D eigenvalue weighted by Crippen LogP contribution is -2.41. The maximum atomic E-state index is 3.44. The van der Waals surface area contributed by atoms with Crippen LogP contribution in [0.4, 0.5) is 0 Å². The first-order valence-corrected chi connectivity index (χ1v) is 5.82. The molecule has 0 aromatic rings. The van der Waals surface area contributed by atoms with Gasteiger partial charge in [-0.15, -0.1) is 24.8 Å². The van der Waals surface area contributed by atoms with Gasteiger partial charge in [0.05, 0.1) is 0 Å². The summed E-state index contributed by atoms with van der Waals surface area (Å²) in [5, 5.41) is 3.44. The van der Waals surface area contributed by atoms with Gasteiger partial charge in [-0.25, -0.2) is 0 Å². The van der Waals surface area contributed by atoms with Crippen molar-refractivity contribution in [3.8, 4) is 0 Å². The van der Waals surface area contributed by atoms with Crippen LogP contribution in [0.3, 0.4) is 0 Å². The molecule has 0 aromatic carbocycles. The van der Waals surface area contributed by atoms with Crippen molar-refractivity contribution in [2.75, 3.05) is 26.2 Å². The number of hydrogen-bond donors (Lipinski definition) is 1. The molecular formula is C11H26Cl2N2O. The summed E-state index contributed by atoms with van der Waals surface area (Å²) in [5.74, 6) is 0.958. The Morgan fingerprint density at radius 3 is 2.06 bits per heavy atom. The predicted molar refractivity (Wildman–Crippen MR) is 74.0 cm³/mol. The molecule has 2 aliphatic heterocycles. The zero-order valence-corrected chi connectivity index (χ0v) is 11.7. The van der Waals surface area contributed by atoms with Gasteiger partial charge < -0.3 is 15.7 Å². The molecule has 3 N–H and O–H groups in total. The number of piperidine rings is 1. The number of halogens is 2. The van der Waals surface area contributed by atoms with Gasteiger partial charge in [-0.2, -0.15) is 0 Å². The van der Waals surface area contributed by atoms with E-state index in [2.05, 4.69) is 17.1 Å². The summed E-state index contributed by atoms with van der Waals surface area (Å²) >= 11 is 0. The molecule has 2 fully saturated rings. The lowest BCUT2D eigenvalue weighted by atomic mass is 9.90. The molecule has 2 aliphatic rings. The number of nitrogens with one attached hydrogen (secondary N) is 1. The standard InChI is InChI=1S/C11H22N2.2ClH.H2O/c1-10(13-8-2-3-9-13)11-4-6-12-7-5-11;;;/h10-12H,2-9H2,1H3;2*1H;1H2. The van der Waals surface area contributed by atoms with Gasteiger partial charge in [-0.3, -0.25) is 0 Å². The topological polar surface area (TPSA) is 46.8 Å². The van der Waals surface area contributed by atoms with Gasteiger partial charge in [-0.1, -0.05) is 0 Å². The van der Waals surface area contributed by atoms with Crippen molar-refractivity contribution >= 4 is 24.8 Å². The van der Waals surface area contributed by atoms with Crippen molar-refractivity contribution in [3.05, 3.63) is 0 Å². The molecule has 1 unspecified atom stereocenters. The van der Waals surface area contributed by atoms with Gasteiger partial charge in [0.2, 0.25) is 0 Å². The summed E-state index contributed by atoms with van der Waals surface area (Å²) in [6.45, 7) is 7.61. The molecule has 5 heteroatoms. The fourth-order valence-corrected chi connectivity index (χ4v) is 2.77. The van der Waals surface area contributed by atoms with Crippen LogP contribution in [0.2, 0.25) is 0 Å². The van der Waals surface area contributed by atoms with Crippen LogP contribution in [0.25, 0.3) is 0 Å². The Hall–Kier alpha value is 0.460. The molecule has 0 aromatic heterocycles. The second-order valence-electron chi connectivity index (χ2n) is 4.57. The van der Waals surface area contributed by atoms with Crippen LogP contribution >= 0.6 is 24.8 Å². The van der Waals surface area contributed by atoms with E-state index in [0.717, 1.165) is 12.0 Å². The van der Waals surface area contributed by atoms with Crippen molar-refractivity contribution < 1.29 is 5.48 Å². The van der Waals surface area contributed by atoms with Crippen LogP contribution in [0.1, 0.15) is 32.6 Å². The molecule has 1 atom stereocenters. The molecule has 0 aliphatic carbocycles. The molecule has 2 heterocycles. The Bertz CT molecular complexity index is 160. The third-order valence-electron chi connectivity index (χ3n) is 3.78. The average Bonchev–Trinajstić information content (AvgIpc) is 2.71. The highest BCUT2D eigenvalue weighted by Gasteiger charge is 2.26. The Morgan fingerprint density at radius 2 is 1.56 bits per heavy atom. The van der Waals surface area contributed by atoms with Gasteiger partial charge in [-0.05, 0) is 64.7 Å². The summed E-state index contributed by atoms with van der Waals surface area (Å²) in [6, 6.07) is 0.838. The van der Waals surface area contributed by atoms with E-state index >= 15 is 0 Å². The third-order valence-corrected chi connectivity index (χ3v) is 3.78. The molecule has 2 rings (SSSR count). The van der Waals surface area contributed by atoms with Gasteiger partial charge >= 0.3 is 0 Å². The minimum Gasteiger partial charge on any atom is -0.412 e. The molecule has 16 heavy (non-hydrogen) atoms. The lowest BCUT2D eigenvalue weighted by molar-refractivity contribution is 0.162. The minimum atomic E-state index is 0. The third kappa shape index (κ3) is 4.76. The number of nitrogens with zero attached hydrogens (tertiary/aromatic N) is 1. The lowest BCUT2D eigenvalue weighted by Gasteiger charge is -2.34. The van der Waals surface area contributed by atoms with Gasteiger partial charge in [0.1, 0.15) is 0 Å². The van der Waals surface area contributed by atoms with Crippen LogP contribution in [0.15, 0.2) is 0 Å². The first kappa shape index (κ1) is 18.8. The second-order valence-corrected chi connectivity index (χ2v) is 4.57. The zero-order chi connectivity index (χ0) is 9.10. The van der Waals surface area contributed by atoms with Crippen LogP contribution in [-0.4, -0.2) is 42.6 Å². The summed E-state index contributed by atoms with van der Waals surface area (Å²) in [5.41, 5.74) is 0. The SMILES string of the molecule is CC(C1CCNCC1)N1CCCC1.Cl.Cl.O. The van der Waals surface area contributed by atoms with E-state index < -0.39 is 0 Å². The van der Waals surface area contributed by atoms with Crippen LogP contribution in [0.5, 0.6) is 0 Å². The molecule has 3 nitrogen and oxygen atoms in total. The molecule has 0 amide bonds. The quantitative estimate of drug-likeness (QED) is 0.828. The van der Waals surface area contributed by atoms with Crippen molar-refractivity contribution in [2.24, 2.45) is 5.92 Å². The van der Waals surface area contributed by atoms with Gasteiger partial charge in [0.25, 0.3) is 0 Å². The summed E-state index contributed by atoms with van der Waals surface area (Å²) in [7, 11) is 0. The molecule has 0 radical (unpaired) electrons. The molecule has 0 bridgehead atoms. The monoisotopic (exact) mass is 272 g/mol. The molecular weight excluding hydrogens is 247 g/mol. The highest BCUT2D eigenvalue weighted by atomic mass is 35.5. The summed E-state index contributed by atoms with van der Waals surface area (Å²) in [4.78, 5) is 2.69. The van der Waals surface area contributed by atoms with E-state index in [4.69, 9.17) is 0 Å². The average molecular weight is 273 g/mol. The fraction of sp³-hybridized carbons (Fsp3) is 1.00. The van der Waals surface area contributed by atoms with Crippen LogP contribution in [-0.2, 0) is 0 Å². The van der Waals surface area contributed by atoms with E-state index in [1.54, 1.807) is 0 Å². The van der Waals surface area contributed by atoms with Crippen molar-refractivity contribution in [2.45, 2.75) is 38.6 Å².